The van der Waals surface area contributed by atoms with Crippen molar-refractivity contribution in [3.63, 3.8) is 0 Å². The fourth-order valence-corrected chi connectivity index (χ4v) is 2.66. The summed E-state index contributed by atoms with van der Waals surface area (Å²) in [6.07, 6.45) is 3.79. The van der Waals surface area contributed by atoms with Gasteiger partial charge in [0.1, 0.15) is 0 Å². The van der Waals surface area contributed by atoms with E-state index in [-0.39, 0.29) is 0 Å². The molecule has 3 rings (SSSR count). The van der Waals surface area contributed by atoms with Crippen molar-refractivity contribution in [3.8, 4) is 11.5 Å². The van der Waals surface area contributed by atoms with Gasteiger partial charge in [-0.15, -0.1) is 0 Å². The number of halogens is 1. The Morgan fingerprint density at radius 2 is 2.11 bits per heavy atom. The summed E-state index contributed by atoms with van der Waals surface area (Å²) in [5.41, 5.74) is 1.19. The van der Waals surface area contributed by atoms with Crippen LogP contribution in [0.25, 0.3) is 0 Å². The first-order valence-electron chi connectivity index (χ1n) is 6.52. The van der Waals surface area contributed by atoms with Crippen LogP contribution in [0.3, 0.4) is 0 Å². The third-order valence-corrected chi connectivity index (χ3v) is 3.80. The Morgan fingerprint density at radius 1 is 1.28 bits per heavy atom. The average Bonchev–Trinajstić information content (AvgIpc) is 3.02. The number of hydrogen-bond acceptors (Lipinski definition) is 3. The molecule has 1 N–H and O–H groups in total. The second-order valence-electron chi connectivity index (χ2n) is 5.03. The van der Waals surface area contributed by atoms with Crippen LogP contribution >= 0.6 is 11.6 Å². The first kappa shape index (κ1) is 12.1. The molecular formula is C14H18ClNO2. The summed E-state index contributed by atoms with van der Waals surface area (Å²) in [4.78, 5) is 0. The number of ether oxygens (including phenoxy) is 2. The highest BCUT2D eigenvalue weighted by Crippen LogP contribution is 2.43. The molecule has 1 unspecified atom stereocenters. The lowest BCUT2D eigenvalue weighted by Crippen LogP contribution is -2.10. The SMILES string of the molecule is COc1cc(Cl)cc(C2CCNC2)c1OC1CC1. The zero-order valence-corrected chi connectivity index (χ0v) is 11.3. The minimum atomic E-state index is 0.369. The summed E-state index contributed by atoms with van der Waals surface area (Å²) >= 11 is 6.18. The van der Waals surface area contributed by atoms with Crippen molar-refractivity contribution in [2.75, 3.05) is 20.2 Å². The molecule has 0 radical (unpaired) electrons. The molecule has 1 saturated heterocycles. The second-order valence-corrected chi connectivity index (χ2v) is 5.47. The van der Waals surface area contributed by atoms with E-state index in [2.05, 4.69) is 5.32 Å². The minimum absolute atomic E-state index is 0.369. The largest absolute Gasteiger partial charge is 0.493 e. The van der Waals surface area contributed by atoms with E-state index in [1.807, 2.05) is 12.1 Å². The lowest BCUT2D eigenvalue weighted by molar-refractivity contribution is 0.277. The number of methoxy groups -OCH3 is 1. The molecule has 1 aromatic rings. The zero-order chi connectivity index (χ0) is 12.5. The lowest BCUT2D eigenvalue weighted by Gasteiger charge is -2.19. The topological polar surface area (TPSA) is 30.5 Å². The van der Waals surface area contributed by atoms with E-state index in [9.17, 15) is 0 Å². The Hall–Kier alpha value is -0.930. The van der Waals surface area contributed by atoms with E-state index >= 15 is 0 Å². The van der Waals surface area contributed by atoms with Crippen LogP contribution in [0.2, 0.25) is 5.02 Å². The van der Waals surface area contributed by atoms with Crippen LogP contribution in [-0.4, -0.2) is 26.3 Å². The summed E-state index contributed by atoms with van der Waals surface area (Å²) < 4.78 is 11.5. The fraction of sp³-hybridized carbons (Fsp3) is 0.571. The number of rotatable bonds is 4. The van der Waals surface area contributed by atoms with E-state index in [0.29, 0.717) is 12.0 Å². The van der Waals surface area contributed by atoms with E-state index in [0.717, 1.165) is 48.9 Å². The summed E-state index contributed by atoms with van der Waals surface area (Å²) in [6, 6.07) is 3.87. The molecule has 1 heterocycles. The minimum Gasteiger partial charge on any atom is -0.493 e. The fourth-order valence-electron chi connectivity index (χ4n) is 2.44. The maximum atomic E-state index is 6.18. The maximum absolute atomic E-state index is 6.18. The van der Waals surface area contributed by atoms with Crippen molar-refractivity contribution in [1.82, 2.24) is 5.32 Å². The van der Waals surface area contributed by atoms with Gasteiger partial charge in [-0.3, -0.25) is 0 Å². The van der Waals surface area contributed by atoms with Gasteiger partial charge in [0.15, 0.2) is 11.5 Å². The molecule has 0 bridgehead atoms. The van der Waals surface area contributed by atoms with Crippen molar-refractivity contribution in [1.29, 1.82) is 0 Å². The van der Waals surface area contributed by atoms with Crippen LogP contribution in [0.5, 0.6) is 11.5 Å². The highest BCUT2D eigenvalue weighted by Gasteiger charge is 2.29. The van der Waals surface area contributed by atoms with Crippen LogP contribution in [0, 0.1) is 0 Å². The van der Waals surface area contributed by atoms with Gasteiger partial charge < -0.3 is 14.8 Å². The number of hydrogen-bond donors (Lipinski definition) is 1. The Balaban J connectivity index is 1.98. The maximum Gasteiger partial charge on any atom is 0.165 e. The molecule has 1 aromatic carbocycles. The normalized spacial score (nSPS) is 23.1. The van der Waals surface area contributed by atoms with E-state index in [1.165, 1.54) is 5.56 Å². The van der Waals surface area contributed by atoms with Crippen molar-refractivity contribution in [2.24, 2.45) is 0 Å². The highest BCUT2D eigenvalue weighted by molar-refractivity contribution is 6.30. The first-order chi connectivity index (χ1) is 8.78. The van der Waals surface area contributed by atoms with Crippen LogP contribution in [0.1, 0.15) is 30.7 Å². The molecular weight excluding hydrogens is 250 g/mol. The van der Waals surface area contributed by atoms with E-state index in [4.69, 9.17) is 21.1 Å². The second kappa shape index (κ2) is 4.98. The molecule has 18 heavy (non-hydrogen) atoms. The predicted molar refractivity (Wildman–Crippen MR) is 71.9 cm³/mol. The standard InChI is InChI=1S/C14H18ClNO2/c1-17-13-7-10(15)6-12(9-4-5-16-8-9)14(13)18-11-2-3-11/h6-7,9,11,16H,2-5,8H2,1H3. The van der Waals surface area contributed by atoms with Gasteiger partial charge in [-0.2, -0.15) is 0 Å². The van der Waals surface area contributed by atoms with Gasteiger partial charge in [-0.25, -0.2) is 0 Å². The zero-order valence-electron chi connectivity index (χ0n) is 10.5. The monoisotopic (exact) mass is 267 g/mol. The van der Waals surface area contributed by atoms with E-state index < -0.39 is 0 Å². The van der Waals surface area contributed by atoms with Crippen molar-refractivity contribution in [3.05, 3.63) is 22.7 Å². The Bertz CT molecular complexity index is 440. The number of benzene rings is 1. The van der Waals surface area contributed by atoms with Gasteiger partial charge in [0.25, 0.3) is 0 Å². The summed E-state index contributed by atoms with van der Waals surface area (Å²) in [7, 11) is 1.67. The van der Waals surface area contributed by atoms with Crippen LogP contribution in [0.4, 0.5) is 0 Å². The molecule has 98 valence electrons. The molecule has 1 atom stereocenters. The lowest BCUT2D eigenvalue weighted by atomic mass is 9.97. The van der Waals surface area contributed by atoms with Crippen molar-refractivity contribution >= 4 is 11.6 Å². The molecule has 0 spiro atoms. The smallest absolute Gasteiger partial charge is 0.165 e. The van der Waals surface area contributed by atoms with Gasteiger partial charge in [-0.1, -0.05) is 11.6 Å². The molecule has 1 aliphatic carbocycles. The molecule has 4 heteroatoms. The Morgan fingerprint density at radius 3 is 2.72 bits per heavy atom. The van der Waals surface area contributed by atoms with Gasteiger partial charge in [-0.05, 0) is 31.9 Å². The van der Waals surface area contributed by atoms with Crippen molar-refractivity contribution in [2.45, 2.75) is 31.3 Å². The van der Waals surface area contributed by atoms with Gasteiger partial charge in [0, 0.05) is 29.1 Å². The van der Waals surface area contributed by atoms with Gasteiger partial charge >= 0.3 is 0 Å². The Kier molecular flexibility index (Phi) is 3.35. The van der Waals surface area contributed by atoms with Gasteiger partial charge in [0.05, 0.1) is 13.2 Å². The highest BCUT2D eigenvalue weighted by atomic mass is 35.5. The number of nitrogens with one attached hydrogen (secondary N) is 1. The van der Waals surface area contributed by atoms with Crippen LogP contribution in [0.15, 0.2) is 12.1 Å². The quantitative estimate of drug-likeness (QED) is 0.910. The molecule has 1 saturated carbocycles. The first-order valence-corrected chi connectivity index (χ1v) is 6.90. The predicted octanol–water partition coefficient (Wildman–Crippen LogP) is 2.97. The van der Waals surface area contributed by atoms with Gasteiger partial charge in [0.2, 0.25) is 0 Å². The molecule has 3 nitrogen and oxygen atoms in total. The summed E-state index contributed by atoms with van der Waals surface area (Å²) in [5, 5.41) is 4.10. The third kappa shape index (κ3) is 2.43. The Labute approximate surface area is 112 Å². The molecule has 0 aromatic heterocycles. The molecule has 2 fully saturated rings. The third-order valence-electron chi connectivity index (χ3n) is 3.58. The van der Waals surface area contributed by atoms with E-state index in [1.54, 1.807) is 7.11 Å². The van der Waals surface area contributed by atoms with Crippen molar-refractivity contribution < 1.29 is 9.47 Å². The molecule has 2 aliphatic rings. The summed E-state index contributed by atoms with van der Waals surface area (Å²) in [5.74, 6) is 2.14. The summed E-state index contributed by atoms with van der Waals surface area (Å²) in [6.45, 7) is 2.05. The average molecular weight is 268 g/mol. The van der Waals surface area contributed by atoms with Crippen LogP contribution in [-0.2, 0) is 0 Å². The molecule has 1 aliphatic heterocycles. The molecule has 0 amide bonds. The van der Waals surface area contributed by atoms with Crippen LogP contribution < -0.4 is 14.8 Å².